The van der Waals surface area contributed by atoms with Crippen LogP contribution in [-0.2, 0) is 0 Å². The van der Waals surface area contributed by atoms with E-state index in [1.165, 1.54) is 18.5 Å². The summed E-state index contributed by atoms with van der Waals surface area (Å²) in [6, 6.07) is 4.07. The molecule has 1 aliphatic heterocycles. The van der Waals surface area contributed by atoms with Crippen molar-refractivity contribution in [2.75, 3.05) is 18.0 Å². The van der Waals surface area contributed by atoms with E-state index in [1.807, 2.05) is 13.0 Å². The number of halogens is 2. The number of benzene rings is 1. The first-order valence-corrected chi connectivity index (χ1v) is 8.71. The highest BCUT2D eigenvalue weighted by Crippen LogP contribution is 2.43. The lowest BCUT2D eigenvalue weighted by atomic mass is 9.89. The summed E-state index contributed by atoms with van der Waals surface area (Å²) < 4.78 is 14.3. The van der Waals surface area contributed by atoms with Gasteiger partial charge < -0.3 is 10.2 Å². The molecule has 1 aromatic carbocycles. The number of aryl methyl sites for hydroxylation is 1. The Labute approximate surface area is 135 Å². The molecule has 116 valence electrons. The van der Waals surface area contributed by atoms with Crippen molar-refractivity contribution in [3.8, 4) is 0 Å². The van der Waals surface area contributed by atoms with Crippen LogP contribution in [0, 0.1) is 18.7 Å². The first-order valence-electron chi connectivity index (χ1n) is 7.92. The number of hydrogen-bond donors (Lipinski definition) is 1. The third-order valence-corrected chi connectivity index (χ3v) is 5.79. The zero-order valence-electron chi connectivity index (χ0n) is 13.0. The van der Waals surface area contributed by atoms with Crippen LogP contribution in [0.5, 0.6) is 0 Å². The topological polar surface area (TPSA) is 15.3 Å². The number of piperazine rings is 1. The Bertz CT molecular complexity index is 544. The van der Waals surface area contributed by atoms with Crippen LogP contribution in [0.4, 0.5) is 10.1 Å². The predicted molar refractivity (Wildman–Crippen MR) is 89.4 cm³/mol. The third kappa shape index (κ3) is 2.85. The maximum Gasteiger partial charge on any atom is 0.137 e. The summed E-state index contributed by atoms with van der Waals surface area (Å²) in [6.45, 7) is 8.60. The van der Waals surface area contributed by atoms with Crippen LogP contribution in [0.25, 0.3) is 0 Å². The zero-order valence-corrected chi connectivity index (χ0v) is 14.6. The van der Waals surface area contributed by atoms with Crippen molar-refractivity contribution < 1.29 is 4.39 Å². The second-order valence-corrected chi connectivity index (χ2v) is 7.67. The van der Waals surface area contributed by atoms with Crippen molar-refractivity contribution in [3.63, 3.8) is 0 Å². The van der Waals surface area contributed by atoms with Crippen LogP contribution < -0.4 is 10.2 Å². The van der Waals surface area contributed by atoms with E-state index < -0.39 is 0 Å². The Morgan fingerprint density at radius 2 is 2.14 bits per heavy atom. The number of nitrogens with one attached hydrogen (secondary N) is 1. The lowest BCUT2D eigenvalue weighted by Gasteiger charge is -2.48. The normalized spacial score (nSPS) is 29.8. The Balaban J connectivity index is 1.94. The van der Waals surface area contributed by atoms with E-state index in [0.29, 0.717) is 10.5 Å². The van der Waals surface area contributed by atoms with E-state index in [0.717, 1.165) is 31.0 Å². The van der Waals surface area contributed by atoms with Gasteiger partial charge in [-0.15, -0.1) is 0 Å². The molecule has 2 atom stereocenters. The van der Waals surface area contributed by atoms with E-state index in [2.05, 4.69) is 40.0 Å². The fourth-order valence-corrected chi connectivity index (χ4v) is 3.92. The van der Waals surface area contributed by atoms with Gasteiger partial charge in [-0.1, -0.05) is 6.92 Å². The van der Waals surface area contributed by atoms with Gasteiger partial charge in [0.15, 0.2) is 0 Å². The Hall–Kier alpha value is -0.610. The van der Waals surface area contributed by atoms with Gasteiger partial charge >= 0.3 is 0 Å². The number of nitrogens with zero attached hydrogens (tertiary/aromatic N) is 1. The quantitative estimate of drug-likeness (QED) is 0.872. The average molecular weight is 355 g/mol. The molecule has 3 rings (SSSR count). The van der Waals surface area contributed by atoms with Crippen LogP contribution in [0.1, 0.15) is 38.7 Å². The maximum absolute atomic E-state index is 13.7. The van der Waals surface area contributed by atoms with Crippen LogP contribution in [-0.4, -0.2) is 24.7 Å². The number of anilines is 1. The largest absolute Gasteiger partial charge is 0.365 e. The molecular formula is C17H24BrFN2. The molecule has 2 unspecified atom stereocenters. The summed E-state index contributed by atoms with van der Waals surface area (Å²) in [5.41, 5.74) is 2.39. The zero-order chi connectivity index (χ0) is 15.2. The van der Waals surface area contributed by atoms with Gasteiger partial charge in [0.05, 0.1) is 4.47 Å². The van der Waals surface area contributed by atoms with E-state index in [4.69, 9.17) is 0 Å². The third-order valence-electron chi connectivity index (χ3n) is 5.18. The monoisotopic (exact) mass is 354 g/mol. The highest BCUT2D eigenvalue weighted by atomic mass is 79.9. The smallest absolute Gasteiger partial charge is 0.137 e. The molecule has 1 aromatic rings. The molecule has 0 radical (unpaired) electrons. The number of hydrogen-bond acceptors (Lipinski definition) is 2. The molecular weight excluding hydrogens is 331 g/mol. The average Bonchev–Trinajstić information content (AvgIpc) is 3.28. The van der Waals surface area contributed by atoms with Gasteiger partial charge in [0.1, 0.15) is 5.82 Å². The SMILES string of the molecule is CCC1CNC(C)(C2CC2)CN1c1cc(Br)c(F)cc1C. The van der Waals surface area contributed by atoms with Crippen LogP contribution in [0.3, 0.4) is 0 Å². The maximum atomic E-state index is 13.7. The van der Waals surface area contributed by atoms with Gasteiger partial charge in [0.25, 0.3) is 0 Å². The molecule has 0 spiro atoms. The molecule has 1 heterocycles. The fraction of sp³-hybridized carbons (Fsp3) is 0.647. The van der Waals surface area contributed by atoms with E-state index in [-0.39, 0.29) is 11.4 Å². The molecule has 2 nitrogen and oxygen atoms in total. The Morgan fingerprint density at radius 3 is 2.76 bits per heavy atom. The summed E-state index contributed by atoms with van der Waals surface area (Å²) in [5, 5.41) is 3.78. The minimum absolute atomic E-state index is 0.176. The van der Waals surface area contributed by atoms with Crippen molar-refractivity contribution in [1.29, 1.82) is 0 Å². The highest BCUT2D eigenvalue weighted by molar-refractivity contribution is 9.10. The lowest BCUT2D eigenvalue weighted by Crippen LogP contribution is -2.64. The van der Waals surface area contributed by atoms with Crippen molar-refractivity contribution in [2.45, 2.75) is 51.6 Å². The van der Waals surface area contributed by atoms with Crippen molar-refractivity contribution >= 4 is 21.6 Å². The summed E-state index contributed by atoms with van der Waals surface area (Å²) in [4.78, 5) is 2.49. The summed E-state index contributed by atoms with van der Waals surface area (Å²) in [5.74, 6) is 0.617. The Morgan fingerprint density at radius 1 is 1.43 bits per heavy atom. The molecule has 21 heavy (non-hydrogen) atoms. The van der Waals surface area contributed by atoms with Gasteiger partial charge in [0, 0.05) is 30.4 Å². The molecule has 0 amide bonds. The van der Waals surface area contributed by atoms with Gasteiger partial charge in [-0.2, -0.15) is 0 Å². The molecule has 1 N–H and O–H groups in total. The van der Waals surface area contributed by atoms with E-state index >= 15 is 0 Å². The van der Waals surface area contributed by atoms with Crippen molar-refractivity contribution in [1.82, 2.24) is 5.32 Å². The van der Waals surface area contributed by atoms with Crippen LogP contribution in [0.15, 0.2) is 16.6 Å². The van der Waals surface area contributed by atoms with Crippen LogP contribution in [0.2, 0.25) is 0 Å². The molecule has 0 bridgehead atoms. The van der Waals surface area contributed by atoms with Crippen LogP contribution >= 0.6 is 15.9 Å². The minimum atomic E-state index is -0.176. The second-order valence-electron chi connectivity index (χ2n) is 6.82. The molecule has 1 saturated heterocycles. The highest BCUT2D eigenvalue weighted by Gasteiger charge is 2.46. The van der Waals surface area contributed by atoms with Gasteiger partial charge in [-0.3, -0.25) is 0 Å². The van der Waals surface area contributed by atoms with E-state index in [9.17, 15) is 4.39 Å². The first-order chi connectivity index (χ1) is 9.94. The molecule has 2 fully saturated rings. The Kier molecular flexibility index (Phi) is 4.04. The molecule has 1 saturated carbocycles. The summed E-state index contributed by atoms with van der Waals surface area (Å²) in [6.07, 6.45) is 3.77. The van der Waals surface area contributed by atoms with Gasteiger partial charge in [-0.25, -0.2) is 4.39 Å². The van der Waals surface area contributed by atoms with E-state index in [1.54, 1.807) is 6.07 Å². The second kappa shape index (κ2) is 5.54. The molecule has 0 aromatic heterocycles. The van der Waals surface area contributed by atoms with Gasteiger partial charge in [0.2, 0.25) is 0 Å². The lowest BCUT2D eigenvalue weighted by molar-refractivity contribution is 0.252. The molecule has 4 heteroatoms. The predicted octanol–water partition coefficient (Wildman–Crippen LogP) is 4.25. The van der Waals surface area contributed by atoms with Crippen molar-refractivity contribution in [3.05, 3.63) is 28.0 Å². The molecule has 1 aliphatic carbocycles. The standard InChI is InChI=1S/C17H24BrFN2/c1-4-13-9-20-17(3,12-5-6-12)10-21(13)16-8-14(18)15(19)7-11(16)2/h7-8,12-13,20H,4-6,9-10H2,1-3H3. The van der Waals surface area contributed by atoms with Crippen molar-refractivity contribution in [2.24, 2.45) is 5.92 Å². The summed E-state index contributed by atoms with van der Waals surface area (Å²) >= 11 is 3.34. The molecule has 2 aliphatic rings. The first kappa shape index (κ1) is 15.3. The minimum Gasteiger partial charge on any atom is -0.365 e. The summed E-state index contributed by atoms with van der Waals surface area (Å²) in [7, 11) is 0. The number of rotatable bonds is 3. The van der Waals surface area contributed by atoms with Gasteiger partial charge in [-0.05, 0) is 72.7 Å². The fourth-order valence-electron chi connectivity index (χ4n) is 3.59.